The minimum Gasteiger partial charge on any atom is -0.497 e. The molecule has 1 aliphatic rings. The summed E-state index contributed by atoms with van der Waals surface area (Å²) >= 11 is 2.61. The number of carbonyl (C=O) groups is 2. The van der Waals surface area contributed by atoms with Crippen molar-refractivity contribution in [1.82, 2.24) is 15.6 Å². The SMILES string of the molecule is COc1ccc2nc(NC(=O)CSC3NC(=O)C(C#N)C(c4ccccc4)N3)sc2c1. The van der Waals surface area contributed by atoms with Gasteiger partial charge in [0, 0.05) is 0 Å². The number of thioether (sulfide) groups is 1. The fourth-order valence-electron chi connectivity index (χ4n) is 3.24. The Hall–Kier alpha value is -3.13. The van der Waals surface area contributed by atoms with E-state index >= 15 is 0 Å². The van der Waals surface area contributed by atoms with Crippen LogP contribution in [0.3, 0.4) is 0 Å². The van der Waals surface area contributed by atoms with Crippen molar-refractivity contribution < 1.29 is 14.3 Å². The first-order valence-electron chi connectivity index (χ1n) is 9.44. The highest BCUT2D eigenvalue weighted by Gasteiger charge is 2.37. The maximum atomic E-state index is 12.4. The number of amides is 2. The maximum absolute atomic E-state index is 12.4. The number of benzene rings is 2. The lowest BCUT2D eigenvalue weighted by molar-refractivity contribution is -0.126. The summed E-state index contributed by atoms with van der Waals surface area (Å²) in [4.78, 5) is 29.2. The van der Waals surface area contributed by atoms with Crippen molar-refractivity contribution in [1.29, 1.82) is 5.26 Å². The van der Waals surface area contributed by atoms with Crippen LogP contribution in [0.2, 0.25) is 0 Å². The Morgan fingerprint density at radius 3 is 2.87 bits per heavy atom. The summed E-state index contributed by atoms with van der Waals surface area (Å²) in [6, 6.07) is 16.5. The summed E-state index contributed by atoms with van der Waals surface area (Å²) in [6.45, 7) is 0. The van der Waals surface area contributed by atoms with E-state index in [-0.39, 0.29) is 17.6 Å². The molecule has 2 heterocycles. The molecule has 3 aromatic rings. The van der Waals surface area contributed by atoms with Gasteiger partial charge in [-0.15, -0.1) is 11.8 Å². The quantitative estimate of drug-likeness (QED) is 0.525. The topological polar surface area (TPSA) is 116 Å². The molecule has 0 saturated carbocycles. The Labute approximate surface area is 187 Å². The number of rotatable bonds is 6. The van der Waals surface area contributed by atoms with Crippen LogP contribution in [0.4, 0.5) is 5.13 Å². The molecule has 4 rings (SSSR count). The summed E-state index contributed by atoms with van der Waals surface area (Å²) in [5, 5.41) is 18.7. The van der Waals surface area contributed by atoms with Crippen LogP contribution in [0, 0.1) is 17.2 Å². The highest BCUT2D eigenvalue weighted by atomic mass is 32.2. The van der Waals surface area contributed by atoms with Crippen LogP contribution in [0.1, 0.15) is 11.6 Å². The zero-order chi connectivity index (χ0) is 21.8. The van der Waals surface area contributed by atoms with Gasteiger partial charge in [0.05, 0.1) is 35.2 Å². The molecule has 3 unspecified atom stereocenters. The Kier molecular flexibility index (Phi) is 6.36. The number of hydrogen-bond donors (Lipinski definition) is 3. The van der Waals surface area contributed by atoms with Crippen molar-refractivity contribution in [2.24, 2.45) is 5.92 Å². The van der Waals surface area contributed by atoms with Crippen molar-refractivity contribution in [3.05, 3.63) is 54.1 Å². The highest BCUT2D eigenvalue weighted by molar-refractivity contribution is 8.00. The molecular formula is C21H19N5O3S2. The molecule has 31 heavy (non-hydrogen) atoms. The first kappa shape index (κ1) is 21.1. The fourth-order valence-corrected chi connectivity index (χ4v) is 4.99. The monoisotopic (exact) mass is 453 g/mol. The van der Waals surface area contributed by atoms with Crippen molar-refractivity contribution in [3.8, 4) is 11.8 Å². The van der Waals surface area contributed by atoms with Crippen LogP contribution in [-0.2, 0) is 9.59 Å². The smallest absolute Gasteiger partial charge is 0.241 e. The van der Waals surface area contributed by atoms with E-state index in [1.165, 1.54) is 23.1 Å². The maximum Gasteiger partial charge on any atom is 0.241 e. The van der Waals surface area contributed by atoms with Crippen LogP contribution in [0.25, 0.3) is 10.2 Å². The Bertz CT molecular complexity index is 1140. The number of fused-ring (bicyclic) bond motifs is 1. The molecule has 1 saturated heterocycles. The number of methoxy groups -OCH3 is 1. The number of nitrogens with zero attached hydrogens (tertiary/aromatic N) is 2. The summed E-state index contributed by atoms with van der Waals surface area (Å²) < 4.78 is 6.12. The highest BCUT2D eigenvalue weighted by Crippen LogP contribution is 2.30. The lowest BCUT2D eigenvalue weighted by Gasteiger charge is -2.34. The van der Waals surface area contributed by atoms with E-state index in [0.29, 0.717) is 5.13 Å². The van der Waals surface area contributed by atoms with E-state index in [2.05, 4.69) is 27.0 Å². The van der Waals surface area contributed by atoms with Crippen LogP contribution >= 0.6 is 23.1 Å². The second-order valence-electron chi connectivity index (χ2n) is 6.76. The van der Waals surface area contributed by atoms with E-state index < -0.39 is 17.5 Å². The summed E-state index contributed by atoms with van der Waals surface area (Å²) in [7, 11) is 1.60. The molecule has 1 fully saturated rings. The molecular weight excluding hydrogens is 434 g/mol. The predicted molar refractivity (Wildman–Crippen MR) is 121 cm³/mol. The van der Waals surface area contributed by atoms with Crippen molar-refractivity contribution in [2.75, 3.05) is 18.2 Å². The Morgan fingerprint density at radius 1 is 1.32 bits per heavy atom. The number of aromatic nitrogens is 1. The van der Waals surface area contributed by atoms with Crippen LogP contribution in [0.15, 0.2) is 48.5 Å². The number of carbonyl (C=O) groups excluding carboxylic acids is 2. The molecule has 8 nitrogen and oxygen atoms in total. The van der Waals surface area contributed by atoms with Gasteiger partial charge in [0.25, 0.3) is 0 Å². The van der Waals surface area contributed by atoms with Gasteiger partial charge in [-0.05, 0) is 23.8 Å². The third-order valence-corrected chi connectivity index (χ3v) is 6.69. The van der Waals surface area contributed by atoms with E-state index in [9.17, 15) is 14.9 Å². The molecule has 2 amide bonds. The predicted octanol–water partition coefficient (Wildman–Crippen LogP) is 2.86. The average molecular weight is 454 g/mol. The summed E-state index contributed by atoms with van der Waals surface area (Å²) in [5.74, 6) is -0.588. The third-order valence-electron chi connectivity index (χ3n) is 4.74. The second kappa shape index (κ2) is 9.34. The van der Waals surface area contributed by atoms with Gasteiger partial charge < -0.3 is 15.4 Å². The van der Waals surface area contributed by atoms with Gasteiger partial charge in [-0.3, -0.25) is 14.9 Å². The number of anilines is 1. The van der Waals surface area contributed by atoms with Gasteiger partial charge in [-0.1, -0.05) is 41.7 Å². The molecule has 10 heteroatoms. The molecule has 3 N–H and O–H groups in total. The molecule has 3 atom stereocenters. The second-order valence-corrected chi connectivity index (χ2v) is 8.89. The number of nitrogens with one attached hydrogen (secondary N) is 3. The molecule has 1 aromatic heterocycles. The normalized spacial score (nSPS) is 20.6. The van der Waals surface area contributed by atoms with E-state index in [4.69, 9.17) is 4.74 Å². The largest absolute Gasteiger partial charge is 0.497 e. The third kappa shape index (κ3) is 4.80. The number of ether oxygens (including phenoxy) is 1. The fraction of sp³-hybridized carbons (Fsp3) is 0.238. The zero-order valence-corrected chi connectivity index (χ0v) is 18.1. The van der Waals surface area contributed by atoms with Crippen LogP contribution in [0.5, 0.6) is 5.75 Å². The molecule has 1 aliphatic heterocycles. The zero-order valence-electron chi connectivity index (χ0n) is 16.5. The van der Waals surface area contributed by atoms with Gasteiger partial charge in [-0.25, -0.2) is 4.98 Å². The van der Waals surface area contributed by atoms with Gasteiger partial charge in [-0.2, -0.15) is 5.26 Å². The number of nitriles is 1. The Balaban J connectivity index is 1.37. The van der Waals surface area contributed by atoms with E-state index in [1.807, 2.05) is 48.5 Å². The molecule has 0 aliphatic carbocycles. The first-order valence-corrected chi connectivity index (χ1v) is 11.3. The summed E-state index contributed by atoms with van der Waals surface area (Å²) in [5.41, 5.74) is 1.14. The molecule has 0 spiro atoms. The van der Waals surface area contributed by atoms with E-state index in [0.717, 1.165) is 21.5 Å². The van der Waals surface area contributed by atoms with Gasteiger partial charge in [0.1, 0.15) is 17.2 Å². The van der Waals surface area contributed by atoms with Crippen LogP contribution < -0.4 is 20.7 Å². The lowest BCUT2D eigenvalue weighted by Crippen LogP contribution is -2.56. The van der Waals surface area contributed by atoms with Crippen molar-refractivity contribution in [2.45, 2.75) is 11.5 Å². The van der Waals surface area contributed by atoms with Gasteiger partial charge in [0.2, 0.25) is 11.8 Å². The van der Waals surface area contributed by atoms with Crippen molar-refractivity contribution >= 4 is 50.3 Å². The minimum atomic E-state index is -0.840. The number of thiazole rings is 1. The summed E-state index contributed by atoms with van der Waals surface area (Å²) in [6.07, 6.45) is 0. The molecule has 0 bridgehead atoms. The van der Waals surface area contributed by atoms with Crippen molar-refractivity contribution in [3.63, 3.8) is 0 Å². The van der Waals surface area contributed by atoms with Gasteiger partial charge in [0.15, 0.2) is 5.13 Å². The molecule has 158 valence electrons. The van der Waals surface area contributed by atoms with E-state index in [1.54, 1.807) is 7.11 Å². The number of hydrogen-bond acceptors (Lipinski definition) is 8. The average Bonchev–Trinajstić information content (AvgIpc) is 3.19. The Morgan fingerprint density at radius 2 is 2.13 bits per heavy atom. The minimum absolute atomic E-state index is 0.107. The van der Waals surface area contributed by atoms with Crippen LogP contribution in [-0.4, -0.2) is 35.2 Å². The van der Waals surface area contributed by atoms with Gasteiger partial charge >= 0.3 is 0 Å². The first-order chi connectivity index (χ1) is 15.1. The lowest BCUT2D eigenvalue weighted by atomic mass is 9.92. The molecule has 2 aromatic carbocycles. The standard InChI is InChI=1S/C21H19N5O3S2/c1-29-13-7-8-15-16(9-13)31-21(23-15)24-17(27)11-30-20-25-18(12-5-3-2-4-6-12)14(10-22)19(28)26-20/h2-9,14,18,20,25H,11H2,1H3,(H,26,28)(H,23,24,27). The molecule has 0 radical (unpaired) electrons.